The number of nitrogens with zero attached hydrogens (tertiary/aromatic N) is 3. The Morgan fingerprint density at radius 3 is 2.12 bits per heavy atom. The molecule has 5 nitrogen and oxygen atoms in total. The highest BCUT2D eigenvalue weighted by Crippen LogP contribution is 2.37. The molecule has 0 aliphatic rings. The maximum absolute atomic E-state index is 11.8. The third-order valence-electron chi connectivity index (χ3n) is 3.15. The molecule has 0 radical (unpaired) electrons. The van der Waals surface area contributed by atoms with Gasteiger partial charge >= 0.3 is 0 Å². The van der Waals surface area contributed by atoms with E-state index in [0.29, 0.717) is 8.64 Å². The number of thioether (sulfide) groups is 2. The summed E-state index contributed by atoms with van der Waals surface area (Å²) in [6.07, 6.45) is 0. The molecule has 0 heterocycles. The molecule has 1 aromatic carbocycles. The normalized spacial score (nSPS) is 13.0. The van der Waals surface area contributed by atoms with Gasteiger partial charge in [-0.2, -0.15) is 0 Å². The van der Waals surface area contributed by atoms with Crippen molar-refractivity contribution < 1.29 is 4.92 Å². The first-order valence-corrected chi connectivity index (χ1v) is 10.7. The highest BCUT2D eigenvalue weighted by molar-refractivity contribution is 9.10. The summed E-state index contributed by atoms with van der Waals surface area (Å²) in [5.74, 6) is 0.286. The van der Waals surface area contributed by atoms with Gasteiger partial charge in [0.25, 0.3) is 0 Å². The van der Waals surface area contributed by atoms with Crippen molar-refractivity contribution >= 4 is 72.5 Å². The van der Waals surface area contributed by atoms with Gasteiger partial charge in [0.15, 0.2) is 0 Å². The molecule has 1 aromatic rings. The molecule has 2 atom stereocenters. The van der Waals surface area contributed by atoms with E-state index in [0.717, 1.165) is 10.0 Å². The van der Waals surface area contributed by atoms with E-state index in [-0.39, 0.29) is 10.7 Å². The zero-order chi connectivity index (χ0) is 19.1. The molecule has 0 N–H and O–H groups in total. The molecule has 0 aliphatic heterocycles. The third kappa shape index (κ3) is 7.38. The summed E-state index contributed by atoms with van der Waals surface area (Å²) in [7, 11) is 7.34. The lowest BCUT2D eigenvalue weighted by Crippen LogP contribution is -2.32. The van der Waals surface area contributed by atoms with Gasteiger partial charge in [0.1, 0.15) is 13.9 Å². The van der Waals surface area contributed by atoms with Crippen LogP contribution in [-0.4, -0.2) is 63.3 Å². The van der Waals surface area contributed by atoms with Gasteiger partial charge in [-0.1, -0.05) is 76.0 Å². The molecule has 0 fully saturated rings. The SMILES string of the molecule is CN(C)C(=S)SCC(C(SC(=S)N(C)C)c1ccc(Br)cc1)[N+](=O)[O-]. The molecule has 0 saturated heterocycles. The van der Waals surface area contributed by atoms with E-state index in [1.165, 1.54) is 23.5 Å². The molecule has 25 heavy (non-hydrogen) atoms. The van der Waals surface area contributed by atoms with Gasteiger partial charge in [0.2, 0.25) is 6.04 Å². The molecule has 1 rings (SSSR count). The van der Waals surface area contributed by atoms with E-state index in [2.05, 4.69) is 15.9 Å². The standard InChI is InChI=1S/C15H20BrN3O2S4/c1-17(2)14(22)24-9-12(19(20)21)13(25-15(23)18(3)4)10-5-7-11(16)8-6-10/h5-8,12-13H,9H2,1-4H3. The van der Waals surface area contributed by atoms with Crippen LogP contribution in [0.1, 0.15) is 10.8 Å². The van der Waals surface area contributed by atoms with E-state index in [1.807, 2.05) is 52.5 Å². The van der Waals surface area contributed by atoms with Crippen molar-refractivity contribution in [3.05, 3.63) is 44.4 Å². The molecule has 0 aromatic heterocycles. The van der Waals surface area contributed by atoms with Gasteiger partial charge in [-0.25, -0.2) is 0 Å². The molecule has 0 aliphatic carbocycles. The molecular formula is C15H20BrN3O2S4. The van der Waals surface area contributed by atoms with E-state index in [4.69, 9.17) is 24.4 Å². The first-order chi connectivity index (χ1) is 11.6. The van der Waals surface area contributed by atoms with E-state index >= 15 is 0 Å². The number of hydrogen-bond acceptors (Lipinski definition) is 6. The topological polar surface area (TPSA) is 49.6 Å². The van der Waals surface area contributed by atoms with Crippen LogP contribution in [0.2, 0.25) is 0 Å². The largest absolute Gasteiger partial charge is 0.364 e. The second kappa shape index (κ2) is 10.7. The second-order valence-electron chi connectivity index (χ2n) is 5.57. The van der Waals surface area contributed by atoms with Crippen LogP contribution in [0.5, 0.6) is 0 Å². The fourth-order valence-corrected chi connectivity index (χ4v) is 4.64. The molecule has 0 bridgehead atoms. The highest BCUT2D eigenvalue weighted by atomic mass is 79.9. The van der Waals surface area contributed by atoms with E-state index in [1.54, 1.807) is 9.80 Å². The zero-order valence-corrected chi connectivity index (χ0v) is 19.2. The van der Waals surface area contributed by atoms with Crippen LogP contribution >= 0.6 is 63.9 Å². The minimum absolute atomic E-state index is 0.233. The fourth-order valence-electron chi connectivity index (χ4n) is 1.78. The summed E-state index contributed by atoms with van der Waals surface area (Å²) >= 11 is 16.7. The van der Waals surface area contributed by atoms with Crippen LogP contribution < -0.4 is 0 Å². The predicted molar refractivity (Wildman–Crippen MR) is 120 cm³/mol. The van der Waals surface area contributed by atoms with Crippen molar-refractivity contribution in [2.24, 2.45) is 0 Å². The molecular weight excluding hydrogens is 462 g/mol. The Bertz CT molecular complexity index is 626. The summed E-state index contributed by atoms with van der Waals surface area (Å²) in [5, 5.41) is 11.4. The Morgan fingerprint density at radius 2 is 1.68 bits per heavy atom. The van der Waals surface area contributed by atoms with Gasteiger partial charge in [-0.3, -0.25) is 10.1 Å². The van der Waals surface area contributed by atoms with Gasteiger partial charge < -0.3 is 9.80 Å². The molecule has 10 heteroatoms. The Hall–Kier alpha value is -0.420. The molecule has 0 spiro atoms. The first kappa shape index (κ1) is 22.6. The van der Waals surface area contributed by atoms with Gasteiger partial charge in [-0.15, -0.1) is 0 Å². The van der Waals surface area contributed by atoms with Crippen LogP contribution in [0.4, 0.5) is 0 Å². The number of hydrogen-bond donors (Lipinski definition) is 0. The molecule has 0 amide bonds. The molecule has 0 saturated carbocycles. The maximum Gasteiger partial charge on any atom is 0.238 e. The lowest BCUT2D eigenvalue weighted by atomic mass is 10.1. The van der Waals surface area contributed by atoms with Crippen molar-refractivity contribution in [3.8, 4) is 0 Å². The summed E-state index contributed by atoms with van der Waals surface area (Å²) in [6, 6.07) is 6.75. The predicted octanol–water partition coefficient (Wildman–Crippen LogP) is 4.29. The summed E-state index contributed by atoms with van der Waals surface area (Å²) < 4.78 is 2.16. The van der Waals surface area contributed by atoms with Crippen molar-refractivity contribution in [2.75, 3.05) is 33.9 Å². The molecule has 2 unspecified atom stereocenters. The number of thiocarbonyl (C=S) groups is 2. The van der Waals surface area contributed by atoms with Gasteiger partial charge in [0, 0.05) is 37.6 Å². The highest BCUT2D eigenvalue weighted by Gasteiger charge is 2.35. The Balaban J connectivity index is 3.11. The number of nitro groups is 1. The van der Waals surface area contributed by atoms with Crippen LogP contribution in [0.15, 0.2) is 28.7 Å². The Labute approximate surface area is 176 Å². The Kier molecular flexibility index (Phi) is 9.65. The maximum atomic E-state index is 11.8. The van der Waals surface area contributed by atoms with Crippen LogP contribution in [0.25, 0.3) is 0 Å². The van der Waals surface area contributed by atoms with Crippen molar-refractivity contribution in [2.45, 2.75) is 11.3 Å². The van der Waals surface area contributed by atoms with Crippen molar-refractivity contribution in [1.29, 1.82) is 0 Å². The minimum atomic E-state index is -0.813. The Morgan fingerprint density at radius 1 is 1.16 bits per heavy atom. The molecule has 138 valence electrons. The number of halogens is 1. The number of rotatable bonds is 6. The van der Waals surface area contributed by atoms with Crippen molar-refractivity contribution in [1.82, 2.24) is 9.80 Å². The monoisotopic (exact) mass is 481 g/mol. The van der Waals surface area contributed by atoms with Crippen molar-refractivity contribution in [3.63, 3.8) is 0 Å². The summed E-state index contributed by atoms with van der Waals surface area (Å²) in [4.78, 5) is 15.1. The number of benzene rings is 1. The smallest absolute Gasteiger partial charge is 0.238 e. The zero-order valence-electron chi connectivity index (χ0n) is 14.3. The quantitative estimate of drug-likeness (QED) is 0.338. The third-order valence-corrected chi connectivity index (χ3v) is 7.58. The fraction of sp³-hybridized carbons (Fsp3) is 0.467. The van der Waals surface area contributed by atoms with Crippen LogP contribution in [-0.2, 0) is 0 Å². The summed E-state index contributed by atoms with van der Waals surface area (Å²) in [6.45, 7) is 0. The van der Waals surface area contributed by atoms with E-state index in [9.17, 15) is 10.1 Å². The lowest BCUT2D eigenvalue weighted by Gasteiger charge is -2.24. The van der Waals surface area contributed by atoms with Crippen LogP contribution in [0.3, 0.4) is 0 Å². The average Bonchev–Trinajstić information content (AvgIpc) is 2.53. The second-order valence-corrected chi connectivity index (χ2v) is 9.92. The summed E-state index contributed by atoms with van der Waals surface area (Å²) in [5.41, 5.74) is 0.871. The lowest BCUT2D eigenvalue weighted by molar-refractivity contribution is -0.516. The van der Waals surface area contributed by atoms with E-state index < -0.39 is 11.3 Å². The average molecular weight is 483 g/mol. The first-order valence-electron chi connectivity index (χ1n) is 7.24. The van der Waals surface area contributed by atoms with Gasteiger partial charge in [-0.05, 0) is 17.7 Å². The van der Waals surface area contributed by atoms with Crippen LogP contribution in [0, 0.1) is 10.1 Å². The minimum Gasteiger partial charge on any atom is -0.364 e. The van der Waals surface area contributed by atoms with Gasteiger partial charge in [0.05, 0.1) is 5.75 Å².